The number of ether oxygens (including phenoxy) is 1. The van der Waals surface area contributed by atoms with E-state index in [1.165, 1.54) is 6.92 Å². The van der Waals surface area contributed by atoms with Gasteiger partial charge in [-0.1, -0.05) is 0 Å². The van der Waals surface area contributed by atoms with E-state index in [-0.39, 0.29) is 11.8 Å². The van der Waals surface area contributed by atoms with Gasteiger partial charge in [-0.15, -0.1) is 0 Å². The summed E-state index contributed by atoms with van der Waals surface area (Å²) in [5.74, 6) is -0.0807. The maximum atomic E-state index is 11.2. The van der Waals surface area contributed by atoms with Crippen molar-refractivity contribution in [2.24, 2.45) is 5.41 Å². The Morgan fingerprint density at radius 3 is 2.15 bits per heavy atom. The molecule has 0 unspecified atom stereocenters. The average molecular weight is 186 g/mol. The van der Waals surface area contributed by atoms with E-state index in [0.717, 1.165) is 0 Å². The zero-order valence-electron chi connectivity index (χ0n) is 8.85. The lowest BCUT2D eigenvalue weighted by Gasteiger charge is -2.16. The summed E-state index contributed by atoms with van der Waals surface area (Å²) in [4.78, 5) is 21.7. The van der Waals surface area contributed by atoms with Crippen molar-refractivity contribution in [1.82, 2.24) is 0 Å². The van der Waals surface area contributed by atoms with E-state index in [2.05, 4.69) is 0 Å². The third kappa shape index (κ3) is 6.31. The van der Waals surface area contributed by atoms with Gasteiger partial charge >= 0.3 is 5.97 Å². The minimum Gasteiger partial charge on any atom is -0.465 e. The van der Waals surface area contributed by atoms with Gasteiger partial charge < -0.3 is 9.53 Å². The highest BCUT2D eigenvalue weighted by Crippen LogP contribution is 2.15. The van der Waals surface area contributed by atoms with Crippen LogP contribution in [0.4, 0.5) is 0 Å². The van der Waals surface area contributed by atoms with E-state index in [4.69, 9.17) is 4.74 Å². The fourth-order valence-corrected chi connectivity index (χ4v) is 0.702. The Hall–Kier alpha value is -0.860. The molecular formula is C10H18O3. The van der Waals surface area contributed by atoms with Crippen molar-refractivity contribution in [1.29, 1.82) is 0 Å². The highest BCUT2D eigenvalue weighted by Gasteiger charge is 2.22. The van der Waals surface area contributed by atoms with E-state index < -0.39 is 5.41 Å². The Kier molecular flexibility index (Phi) is 4.67. The summed E-state index contributed by atoms with van der Waals surface area (Å²) in [5, 5.41) is 0. The van der Waals surface area contributed by atoms with Crippen LogP contribution < -0.4 is 0 Å². The number of carbonyl (C=O) groups is 2. The quantitative estimate of drug-likeness (QED) is 0.498. The third-order valence-electron chi connectivity index (χ3n) is 1.52. The zero-order chi connectivity index (χ0) is 10.5. The molecule has 0 heterocycles. The van der Waals surface area contributed by atoms with Gasteiger partial charge in [-0.25, -0.2) is 0 Å². The van der Waals surface area contributed by atoms with Crippen LogP contribution in [-0.2, 0) is 14.3 Å². The molecular weight excluding hydrogens is 168 g/mol. The van der Waals surface area contributed by atoms with E-state index in [9.17, 15) is 9.59 Å². The van der Waals surface area contributed by atoms with Gasteiger partial charge in [0.1, 0.15) is 5.78 Å². The molecule has 0 aliphatic carbocycles. The summed E-state index contributed by atoms with van der Waals surface area (Å²) in [7, 11) is 0. The largest absolute Gasteiger partial charge is 0.465 e. The van der Waals surface area contributed by atoms with Gasteiger partial charge in [-0.2, -0.15) is 0 Å². The van der Waals surface area contributed by atoms with Crippen molar-refractivity contribution in [2.75, 3.05) is 6.61 Å². The molecule has 0 saturated carbocycles. The second kappa shape index (κ2) is 5.00. The van der Waals surface area contributed by atoms with E-state index in [1.807, 2.05) is 0 Å². The molecule has 0 atom stereocenters. The van der Waals surface area contributed by atoms with Gasteiger partial charge in [0.05, 0.1) is 12.0 Å². The molecule has 0 aromatic carbocycles. The Labute approximate surface area is 79.5 Å². The first kappa shape index (κ1) is 12.1. The van der Waals surface area contributed by atoms with Crippen LogP contribution in [0.5, 0.6) is 0 Å². The zero-order valence-corrected chi connectivity index (χ0v) is 8.85. The lowest BCUT2D eigenvalue weighted by Crippen LogP contribution is -2.23. The Morgan fingerprint density at radius 1 is 1.23 bits per heavy atom. The van der Waals surface area contributed by atoms with Gasteiger partial charge in [-0.3, -0.25) is 4.79 Å². The molecule has 3 nitrogen and oxygen atoms in total. The van der Waals surface area contributed by atoms with Crippen molar-refractivity contribution >= 4 is 11.8 Å². The number of carbonyl (C=O) groups excluding carboxylic acids is 2. The molecule has 0 bridgehead atoms. The fraction of sp³-hybridized carbons (Fsp3) is 0.800. The van der Waals surface area contributed by atoms with Crippen LogP contribution in [0, 0.1) is 5.41 Å². The molecule has 0 radical (unpaired) electrons. The number of rotatable bonds is 4. The van der Waals surface area contributed by atoms with Crippen LogP contribution in [0.3, 0.4) is 0 Å². The molecule has 0 fully saturated rings. The summed E-state index contributed by atoms with van der Waals surface area (Å²) >= 11 is 0. The standard InChI is InChI=1S/C10H18O3/c1-8(11)6-5-7-13-9(12)10(2,3)4/h5-7H2,1-4H3. The normalized spacial score (nSPS) is 11.1. The van der Waals surface area contributed by atoms with Crippen LogP contribution in [0.1, 0.15) is 40.5 Å². The Bertz CT molecular complexity index is 189. The van der Waals surface area contributed by atoms with Gasteiger partial charge in [0, 0.05) is 6.42 Å². The lowest BCUT2D eigenvalue weighted by molar-refractivity contribution is -0.153. The van der Waals surface area contributed by atoms with Gasteiger partial charge in [-0.05, 0) is 34.1 Å². The molecule has 0 amide bonds. The monoisotopic (exact) mass is 186 g/mol. The number of hydrogen-bond acceptors (Lipinski definition) is 3. The van der Waals surface area contributed by atoms with Crippen LogP contribution >= 0.6 is 0 Å². The minimum atomic E-state index is -0.448. The first-order valence-corrected chi connectivity index (χ1v) is 4.50. The average Bonchev–Trinajstić information content (AvgIpc) is 1.95. The molecule has 0 N–H and O–H groups in total. The van der Waals surface area contributed by atoms with Crippen molar-refractivity contribution in [2.45, 2.75) is 40.5 Å². The van der Waals surface area contributed by atoms with E-state index in [0.29, 0.717) is 19.4 Å². The first-order valence-electron chi connectivity index (χ1n) is 4.50. The smallest absolute Gasteiger partial charge is 0.311 e. The van der Waals surface area contributed by atoms with Crippen molar-refractivity contribution in [3.8, 4) is 0 Å². The predicted molar refractivity (Wildman–Crippen MR) is 50.3 cm³/mol. The first-order chi connectivity index (χ1) is 5.84. The summed E-state index contributed by atoms with van der Waals surface area (Å²) < 4.78 is 4.97. The van der Waals surface area contributed by atoms with Crippen LogP contribution in [0.2, 0.25) is 0 Å². The van der Waals surface area contributed by atoms with Crippen LogP contribution in [-0.4, -0.2) is 18.4 Å². The van der Waals surface area contributed by atoms with E-state index >= 15 is 0 Å². The van der Waals surface area contributed by atoms with Gasteiger partial charge in [0.2, 0.25) is 0 Å². The lowest BCUT2D eigenvalue weighted by atomic mass is 9.97. The summed E-state index contributed by atoms with van der Waals surface area (Å²) in [6.07, 6.45) is 1.11. The summed E-state index contributed by atoms with van der Waals surface area (Å²) in [5.41, 5.74) is -0.448. The molecule has 13 heavy (non-hydrogen) atoms. The number of ketones is 1. The molecule has 0 rings (SSSR count). The summed E-state index contributed by atoms with van der Waals surface area (Å²) in [6, 6.07) is 0. The SMILES string of the molecule is CC(=O)CCCOC(=O)C(C)(C)C. The second-order valence-electron chi connectivity index (χ2n) is 4.19. The Morgan fingerprint density at radius 2 is 1.77 bits per heavy atom. The molecule has 76 valence electrons. The second-order valence-corrected chi connectivity index (χ2v) is 4.19. The maximum absolute atomic E-state index is 11.2. The molecule has 0 aliphatic rings. The van der Waals surface area contributed by atoms with E-state index in [1.54, 1.807) is 20.8 Å². The van der Waals surface area contributed by atoms with Crippen LogP contribution in [0.15, 0.2) is 0 Å². The number of hydrogen-bond donors (Lipinski definition) is 0. The van der Waals surface area contributed by atoms with Crippen molar-refractivity contribution in [3.05, 3.63) is 0 Å². The minimum absolute atomic E-state index is 0.131. The van der Waals surface area contributed by atoms with Crippen molar-refractivity contribution in [3.63, 3.8) is 0 Å². The molecule has 0 aromatic heterocycles. The molecule has 3 heteroatoms. The van der Waals surface area contributed by atoms with Gasteiger partial charge in [0.15, 0.2) is 0 Å². The molecule has 0 spiro atoms. The highest BCUT2D eigenvalue weighted by atomic mass is 16.5. The topological polar surface area (TPSA) is 43.4 Å². The number of Topliss-reactive ketones (excluding diaryl/α,β-unsaturated/α-hetero) is 1. The maximum Gasteiger partial charge on any atom is 0.311 e. The summed E-state index contributed by atoms with van der Waals surface area (Å²) in [6.45, 7) is 7.29. The predicted octanol–water partition coefficient (Wildman–Crippen LogP) is 1.94. The number of esters is 1. The van der Waals surface area contributed by atoms with Crippen LogP contribution in [0.25, 0.3) is 0 Å². The van der Waals surface area contributed by atoms with Crippen molar-refractivity contribution < 1.29 is 14.3 Å². The fourth-order valence-electron chi connectivity index (χ4n) is 0.702. The Balaban J connectivity index is 3.55. The molecule has 0 aliphatic heterocycles. The molecule has 0 saturated heterocycles. The third-order valence-corrected chi connectivity index (χ3v) is 1.52. The molecule has 0 aromatic rings. The highest BCUT2D eigenvalue weighted by molar-refractivity contribution is 5.76. The van der Waals surface area contributed by atoms with Gasteiger partial charge in [0.25, 0.3) is 0 Å².